The van der Waals surface area contributed by atoms with E-state index in [0.29, 0.717) is 5.75 Å². The van der Waals surface area contributed by atoms with Crippen LogP contribution in [0.25, 0.3) is 0 Å². The van der Waals surface area contributed by atoms with Crippen molar-refractivity contribution in [2.45, 2.75) is 31.2 Å². The number of aryl methyl sites for hydroxylation is 2. The molecule has 6 nitrogen and oxygen atoms in total. The molecule has 1 unspecified atom stereocenters. The van der Waals surface area contributed by atoms with Crippen molar-refractivity contribution in [2.75, 3.05) is 44.1 Å². The first-order valence-electron chi connectivity index (χ1n) is 11.5. The summed E-state index contributed by atoms with van der Waals surface area (Å²) in [6, 6.07) is 20.0. The van der Waals surface area contributed by atoms with Gasteiger partial charge < -0.3 is 14.5 Å². The first kappa shape index (κ1) is 24.1. The molecule has 0 spiro atoms. The van der Waals surface area contributed by atoms with Crippen LogP contribution in [-0.2, 0) is 16.4 Å². The van der Waals surface area contributed by atoms with Gasteiger partial charge in [-0.25, -0.2) is 13.1 Å². The maximum atomic E-state index is 13.4. The van der Waals surface area contributed by atoms with Crippen LogP contribution < -0.4 is 19.3 Å². The van der Waals surface area contributed by atoms with Gasteiger partial charge in [0.05, 0.1) is 13.2 Å². The van der Waals surface area contributed by atoms with Crippen molar-refractivity contribution in [3.05, 3.63) is 82.9 Å². The maximum absolute atomic E-state index is 13.4. The van der Waals surface area contributed by atoms with Gasteiger partial charge in [-0.05, 0) is 72.9 Å². The van der Waals surface area contributed by atoms with Gasteiger partial charge in [-0.15, -0.1) is 0 Å². The van der Waals surface area contributed by atoms with E-state index in [4.69, 9.17) is 4.74 Å². The SMILES string of the molecule is COc1cc(C)c(C)cc1S(=O)(=O)NCC(c1ccc(N(C)C)cc1)N1CCc2ccccc21. The van der Waals surface area contributed by atoms with Crippen molar-refractivity contribution < 1.29 is 13.2 Å². The summed E-state index contributed by atoms with van der Waals surface area (Å²) < 4.78 is 35.1. The van der Waals surface area contributed by atoms with E-state index in [1.165, 1.54) is 12.7 Å². The van der Waals surface area contributed by atoms with E-state index < -0.39 is 10.0 Å². The third kappa shape index (κ3) is 4.76. The summed E-state index contributed by atoms with van der Waals surface area (Å²) in [6.45, 7) is 4.94. The lowest BCUT2D eigenvalue weighted by Crippen LogP contribution is -2.37. The van der Waals surface area contributed by atoms with E-state index >= 15 is 0 Å². The molecule has 7 heteroatoms. The molecular formula is C27H33N3O3S. The molecule has 0 aliphatic carbocycles. The molecule has 0 saturated carbocycles. The van der Waals surface area contributed by atoms with Crippen LogP contribution in [0.5, 0.6) is 5.75 Å². The molecule has 180 valence electrons. The normalized spacial score (nSPS) is 14.1. The third-order valence-corrected chi connectivity index (χ3v) is 8.07. The Kier molecular flexibility index (Phi) is 6.86. The van der Waals surface area contributed by atoms with Crippen molar-refractivity contribution >= 4 is 21.4 Å². The number of benzene rings is 3. The number of fused-ring (bicyclic) bond motifs is 1. The highest BCUT2D eigenvalue weighted by molar-refractivity contribution is 7.89. The molecule has 1 heterocycles. The summed E-state index contributed by atoms with van der Waals surface area (Å²) in [5, 5.41) is 0. The van der Waals surface area contributed by atoms with Crippen LogP contribution in [0.2, 0.25) is 0 Å². The van der Waals surface area contributed by atoms with E-state index in [-0.39, 0.29) is 17.5 Å². The number of ether oxygens (including phenoxy) is 1. The first-order chi connectivity index (χ1) is 16.2. The van der Waals surface area contributed by atoms with Gasteiger partial charge in [0.15, 0.2) is 0 Å². The topological polar surface area (TPSA) is 61.9 Å². The average Bonchev–Trinajstić information content (AvgIpc) is 3.25. The molecule has 0 aromatic heterocycles. The van der Waals surface area contributed by atoms with Crippen LogP contribution in [0.3, 0.4) is 0 Å². The van der Waals surface area contributed by atoms with Gasteiger partial charge >= 0.3 is 0 Å². The van der Waals surface area contributed by atoms with Gasteiger partial charge in [0.1, 0.15) is 10.6 Å². The van der Waals surface area contributed by atoms with E-state index in [1.54, 1.807) is 12.1 Å². The highest BCUT2D eigenvalue weighted by Crippen LogP contribution is 2.36. The monoisotopic (exact) mass is 479 g/mol. The molecule has 0 bridgehead atoms. The second kappa shape index (κ2) is 9.68. The number of sulfonamides is 1. The Bertz CT molecular complexity index is 1270. The summed E-state index contributed by atoms with van der Waals surface area (Å²) in [4.78, 5) is 4.53. The quantitative estimate of drug-likeness (QED) is 0.517. The van der Waals surface area contributed by atoms with E-state index in [9.17, 15) is 8.42 Å². The van der Waals surface area contributed by atoms with Crippen LogP contribution in [-0.4, -0.2) is 42.7 Å². The van der Waals surface area contributed by atoms with Gasteiger partial charge in [0.25, 0.3) is 0 Å². The fraction of sp³-hybridized carbons (Fsp3) is 0.333. The van der Waals surface area contributed by atoms with Crippen molar-refractivity contribution in [1.29, 1.82) is 0 Å². The number of nitrogens with one attached hydrogen (secondary N) is 1. The van der Waals surface area contributed by atoms with E-state index in [0.717, 1.165) is 41.0 Å². The molecule has 3 aromatic carbocycles. The number of methoxy groups -OCH3 is 1. The Morgan fingerprint density at radius 1 is 1.03 bits per heavy atom. The molecular weight excluding hydrogens is 446 g/mol. The Morgan fingerprint density at radius 3 is 2.38 bits per heavy atom. The van der Waals surface area contributed by atoms with E-state index in [1.807, 2.05) is 34.0 Å². The van der Waals surface area contributed by atoms with Crippen LogP contribution in [0, 0.1) is 13.8 Å². The zero-order valence-electron chi connectivity index (χ0n) is 20.5. The third-order valence-electron chi connectivity index (χ3n) is 6.63. The lowest BCUT2D eigenvalue weighted by molar-refractivity contribution is 0.401. The maximum Gasteiger partial charge on any atom is 0.244 e. The van der Waals surface area contributed by atoms with Gasteiger partial charge in [0, 0.05) is 38.6 Å². The number of para-hydroxylation sites is 1. The number of hydrogen-bond acceptors (Lipinski definition) is 5. The van der Waals surface area contributed by atoms with Crippen molar-refractivity contribution in [2.24, 2.45) is 0 Å². The number of anilines is 2. The van der Waals surface area contributed by atoms with E-state index in [2.05, 4.69) is 57.0 Å². The highest BCUT2D eigenvalue weighted by atomic mass is 32.2. The minimum absolute atomic E-state index is 0.146. The molecule has 0 radical (unpaired) electrons. The molecule has 0 fully saturated rings. The molecule has 4 rings (SSSR count). The molecule has 1 N–H and O–H groups in total. The van der Waals surface area contributed by atoms with Gasteiger partial charge in [-0.1, -0.05) is 30.3 Å². The second-order valence-electron chi connectivity index (χ2n) is 9.01. The predicted octanol–water partition coefficient (Wildman–Crippen LogP) is 4.46. The van der Waals surface area contributed by atoms with Gasteiger partial charge in [0.2, 0.25) is 10.0 Å². The minimum atomic E-state index is -3.78. The fourth-order valence-electron chi connectivity index (χ4n) is 4.49. The molecule has 34 heavy (non-hydrogen) atoms. The second-order valence-corrected chi connectivity index (χ2v) is 10.7. The number of hydrogen-bond donors (Lipinski definition) is 1. The summed E-state index contributed by atoms with van der Waals surface area (Å²) >= 11 is 0. The van der Waals surface area contributed by atoms with Gasteiger partial charge in [-0.3, -0.25) is 0 Å². The van der Waals surface area contributed by atoms with Crippen LogP contribution in [0.4, 0.5) is 11.4 Å². The fourth-order valence-corrected chi connectivity index (χ4v) is 5.76. The van der Waals surface area contributed by atoms with Crippen LogP contribution in [0.1, 0.15) is 28.3 Å². The van der Waals surface area contributed by atoms with Crippen molar-refractivity contribution in [1.82, 2.24) is 4.72 Å². The lowest BCUT2D eigenvalue weighted by Gasteiger charge is -2.31. The average molecular weight is 480 g/mol. The summed E-state index contributed by atoms with van der Waals surface area (Å²) in [6.07, 6.45) is 0.945. The highest BCUT2D eigenvalue weighted by Gasteiger charge is 2.29. The zero-order chi connectivity index (χ0) is 24.5. The lowest BCUT2D eigenvalue weighted by atomic mass is 10.0. The molecule has 1 aliphatic rings. The minimum Gasteiger partial charge on any atom is -0.495 e. The molecule has 0 saturated heterocycles. The summed E-state index contributed by atoms with van der Waals surface area (Å²) in [5.74, 6) is 0.356. The van der Waals surface area contributed by atoms with Crippen LogP contribution >= 0.6 is 0 Å². The smallest absolute Gasteiger partial charge is 0.244 e. The first-order valence-corrected chi connectivity index (χ1v) is 13.0. The summed E-state index contributed by atoms with van der Waals surface area (Å²) in [5.41, 5.74) is 6.51. The summed E-state index contributed by atoms with van der Waals surface area (Å²) in [7, 11) is 1.73. The molecule has 1 aliphatic heterocycles. The number of nitrogens with zero attached hydrogens (tertiary/aromatic N) is 2. The van der Waals surface area contributed by atoms with Crippen LogP contribution in [0.15, 0.2) is 65.6 Å². The van der Waals surface area contributed by atoms with Crippen molar-refractivity contribution in [3.8, 4) is 5.75 Å². The Morgan fingerprint density at radius 2 is 1.71 bits per heavy atom. The molecule has 0 amide bonds. The predicted molar refractivity (Wildman–Crippen MR) is 139 cm³/mol. The Labute approximate surface area is 203 Å². The van der Waals surface area contributed by atoms with Gasteiger partial charge in [-0.2, -0.15) is 0 Å². The van der Waals surface area contributed by atoms with Crippen molar-refractivity contribution in [3.63, 3.8) is 0 Å². The molecule has 1 atom stereocenters. The Balaban J connectivity index is 1.67. The zero-order valence-corrected chi connectivity index (χ0v) is 21.3. The number of rotatable bonds is 8. The standard InChI is InChI=1S/C27H33N3O3S/c1-19-16-26(33-5)27(17-20(19)2)34(31,32)28-18-25(22-10-12-23(13-11-22)29(3)4)30-15-14-21-8-6-7-9-24(21)30/h6-13,16-17,25,28H,14-15,18H2,1-5H3. The largest absolute Gasteiger partial charge is 0.495 e. The molecule has 3 aromatic rings. The Hall–Kier alpha value is -3.03.